The van der Waals surface area contributed by atoms with Crippen molar-refractivity contribution in [1.82, 2.24) is 4.98 Å². The van der Waals surface area contributed by atoms with Crippen molar-refractivity contribution < 1.29 is 0 Å². The molecule has 2 heterocycles. The SMILES string of the molecule is CCCC(Nc1nccc(C#N)c1N)c1cccs1. The van der Waals surface area contributed by atoms with E-state index < -0.39 is 0 Å². The first-order valence-electron chi connectivity index (χ1n) is 6.20. The van der Waals surface area contributed by atoms with Gasteiger partial charge in [0.05, 0.1) is 17.3 Å². The molecule has 0 saturated heterocycles. The first-order chi connectivity index (χ1) is 9.26. The van der Waals surface area contributed by atoms with E-state index in [1.54, 1.807) is 23.6 Å². The molecule has 2 aromatic heterocycles. The summed E-state index contributed by atoms with van der Waals surface area (Å²) in [6.07, 6.45) is 3.67. The number of anilines is 2. The molecule has 1 atom stereocenters. The van der Waals surface area contributed by atoms with Crippen molar-refractivity contribution in [1.29, 1.82) is 5.26 Å². The van der Waals surface area contributed by atoms with Crippen molar-refractivity contribution in [2.24, 2.45) is 0 Å². The zero-order chi connectivity index (χ0) is 13.7. The highest BCUT2D eigenvalue weighted by Crippen LogP contribution is 2.29. The number of nitrogens with one attached hydrogen (secondary N) is 1. The summed E-state index contributed by atoms with van der Waals surface area (Å²) in [5.41, 5.74) is 6.82. The predicted octanol–water partition coefficient (Wildman–Crippen LogP) is 3.55. The summed E-state index contributed by atoms with van der Waals surface area (Å²) in [6, 6.07) is 8.02. The molecule has 19 heavy (non-hydrogen) atoms. The van der Waals surface area contributed by atoms with E-state index in [4.69, 9.17) is 11.0 Å². The van der Waals surface area contributed by atoms with Gasteiger partial charge in [0.1, 0.15) is 6.07 Å². The molecule has 0 saturated carbocycles. The third-order valence-corrected chi connectivity index (χ3v) is 3.87. The molecule has 5 heteroatoms. The molecule has 1 unspecified atom stereocenters. The number of nitrogens with two attached hydrogens (primary N) is 1. The number of rotatable bonds is 5. The van der Waals surface area contributed by atoms with Gasteiger partial charge in [0.15, 0.2) is 5.82 Å². The Morgan fingerprint density at radius 3 is 3.00 bits per heavy atom. The van der Waals surface area contributed by atoms with E-state index in [1.807, 2.05) is 6.07 Å². The smallest absolute Gasteiger partial charge is 0.151 e. The second-order valence-corrected chi connectivity index (χ2v) is 5.21. The Labute approximate surface area is 116 Å². The van der Waals surface area contributed by atoms with Gasteiger partial charge in [-0.05, 0) is 23.9 Å². The summed E-state index contributed by atoms with van der Waals surface area (Å²) in [5, 5.41) is 14.4. The van der Waals surface area contributed by atoms with Crippen molar-refractivity contribution in [2.45, 2.75) is 25.8 Å². The van der Waals surface area contributed by atoms with E-state index in [9.17, 15) is 0 Å². The Balaban J connectivity index is 2.25. The minimum absolute atomic E-state index is 0.189. The van der Waals surface area contributed by atoms with Crippen molar-refractivity contribution in [2.75, 3.05) is 11.1 Å². The molecule has 0 bridgehead atoms. The molecule has 0 radical (unpaired) electrons. The Hall–Kier alpha value is -2.06. The monoisotopic (exact) mass is 272 g/mol. The topological polar surface area (TPSA) is 74.7 Å². The molecule has 0 aromatic carbocycles. The maximum absolute atomic E-state index is 8.98. The molecule has 3 N–H and O–H groups in total. The van der Waals surface area contributed by atoms with Crippen LogP contribution in [0, 0.1) is 11.3 Å². The summed E-state index contributed by atoms with van der Waals surface area (Å²) < 4.78 is 0. The molecule has 98 valence electrons. The second kappa shape index (κ2) is 6.21. The lowest BCUT2D eigenvalue weighted by Gasteiger charge is -2.18. The fraction of sp³-hybridized carbons (Fsp3) is 0.286. The number of thiophene rings is 1. The van der Waals surface area contributed by atoms with Crippen LogP contribution in [0.25, 0.3) is 0 Å². The summed E-state index contributed by atoms with van der Waals surface area (Å²) in [6.45, 7) is 2.14. The van der Waals surface area contributed by atoms with Crippen LogP contribution < -0.4 is 11.1 Å². The van der Waals surface area contributed by atoms with Gasteiger partial charge in [-0.2, -0.15) is 5.26 Å². The predicted molar refractivity (Wildman–Crippen MR) is 79.0 cm³/mol. The Morgan fingerprint density at radius 1 is 1.53 bits per heavy atom. The Kier molecular flexibility index (Phi) is 4.37. The highest BCUT2D eigenvalue weighted by Gasteiger charge is 2.14. The summed E-state index contributed by atoms with van der Waals surface area (Å²) in [5.74, 6) is 0.589. The van der Waals surface area contributed by atoms with Crippen LogP contribution in [0.5, 0.6) is 0 Å². The van der Waals surface area contributed by atoms with Gasteiger partial charge in [0, 0.05) is 11.1 Å². The van der Waals surface area contributed by atoms with Crippen molar-refractivity contribution in [3.05, 3.63) is 40.2 Å². The fourth-order valence-corrected chi connectivity index (χ4v) is 2.73. The van der Waals surface area contributed by atoms with Crippen LogP contribution in [0.15, 0.2) is 29.8 Å². The average Bonchev–Trinajstić information content (AvgIpc) is 2.94. The van der Waals surface area contributed by atoms with E-state index in [1.165, 1.54) is 4.88 Å². The molecule has 4 nitrogen and oxygen atoms in total. The van der Waals surface area contributed by atoms with Gasteiger partial charge in [-0.1, -0.05) is 19.4 Å². The number of hydrogen-bond donors (Lipinski definition) is 2. The van der Waals surface area contributed by atoms with Gasteiger partial charge in [-0.3, -0.25) is 0 Å². The lowest BCUT2D eigenvalue weighted by atomic mass is 10.1. The largest absolute Gasteiger partial charge is 0.395 e. The van der Waals surface area contributed by atoms with Crippen LogP contribution in [0.3, 0.4) is 0 Å². The highest BCUT2D eigenvalue weighted by atomic mass is 32.1. The minimum Gasteiger partial charge on any atom is -0.395 e. The van der Waals surface area contributed by atoms with Crippen molar-refractivity contribution in [3.63, 3.8) is 0 Å². The molecule has 0 aliphatic heterocycles. The maximum Gasteiger partial charge on any atom is 0.151 e. The van der Waals surface area contributed by atoms with E-state index in [2.05, 4.69) is 34.7 Å². The highest BCUT2D eigenvalue weighted by molar-refractivity contribution is 7.10. The molecule has 2 aromatic rings. The van der Waals surface area contributed by atoms with Crippen LogP contribution in [0.1, 0.15) is 36.2 Å². The number of nitrogens with zero attached hydrogens (tertiary/aromatic N) is 2. The molecule has 0 spiro atoms. The zero-order valence-corrected chi connectivity index (χ0v) is 11.6. The number of aromatic nitrogens is 1. The van der Waals surface area contributed by atoms with Gasteiger partial charge in [-0.15, -0.1) is 11.3 Å². The van der Waals surface area contributed by atoms with Crippen LogP contribution in [0.2, 0.25) is 0 Å². The number of hydrogen-bond acceptors (Lipinski definition) is 5. The standard InChI is InChI=1S/C14H16N4S/c1-2-4-11(12-5-3-8-19-12)18-14-13(16)10(9-15)6-7-17-14/h3,5-8,11H,2,4,16H2,1H3,(H,17,18). The molecule has 0 aliphatic carbocycles. The van der Waals surface area contributed by atoms with Gasteiger partial charge in [0.2, 0.25) is 0 Å². The third-order valence-electron chi connectivity index (χ3n) is 2.89. The summed E-state index contributed by atoms with van der Waals surface area (Å²) >= 11 is 1.71. The second-order valence-electron chi connectivity index (χ2n) is 4.23. The Morgan fingerprint density at radius 2 is 2.37 bits per heavy atom. The number of pyridine rings is 1. The van der Waals surface area contributed by atoms with E-state index in [-0.39, 0.29) is 6.04 Å². The van der Waals surface area contributed by atoms with E-state index in [0.717, 1.165) is 12.8 Å². The minimum atomic E-state index is 0.189. The van der Waals surface area contributed by atoms with E-state index in [0.29, 0.717) is 17.1 Å². The van der Waals surface area contributed by atoms with Crippen LogP contribution in [-0.4, -0.2) is 4.98 Å². The first kappa shape index (κ1) is 13.4. The van der Waals surface area contributed by atoms with Gasteiger partial charge in [0.25, 0.3) is 0 Å². The van der Waals surface area contributed by atoms with Gasteiger partial charge < -0.3 is 11.1 Å². The summed E-state index contributed by atoms with van der Waals surface area (Å²) in [4.78, 5) is 5.49. The molecule has 0 amide bonds. The molecule has 0 aliphatic rings. The normalized spacial score (nSPS) is 11.8. The van der Waals surface area contributed by atoms with Crippen LogP contribution >= 0.6 is 11.3 Å². The molecule has 0 fully saturated rings. The summed E-state index contributed by atoms with van der Waals surface area (Å²) in [7, 11) is 0. The average molecular weight is 272 g/mol. The quantitative estimate of drug-likeness (QED) is 0.872. The van der Waals surface area contributed by atoms with Gasteiger partial charge in [-0.25, -0.2) is 4.98 Å². The van der Waals surface area contributed by atoms with Crippen LogP contribution in [-0.2, 0) is 0 Å². The first-order valence-corrected chi connectivity index (χ1v) is 7.08. The Bertz CT molecular complexity index is 572. The third kappa shape index (κ3) is 3.04. The molecular weight excluding hydrogens is 256 g/mol. The molecule has 2 rings (SSSR count). The van der Waals surface area contributed by atoms with E-state index >= 15 is 0 Å². The molecular formula is C14H16N4S. The maximum atomic E-state index is 8.98. The lowest BCUT2D eigenvalue weighted by molar-refractivity contribution is 0.685. The lowest BCUT2D eigenvalue weighted by Crippen LogP contribution is -2.12. The number of nitrogen functional groups attached to an aromatic ring is 1. The fourth-order valence-electron chi connectivity index (χ4n) is 1.91. The van der Waals surface area contributed by atoms with Crippen molar-refractivity contribution in [3.8, 4) is 6.07 Å². The van der Waals surface area contributed by atoms with Crippen LogP contribution in [0.4, 0.5) is 11.5 Å². The van der Waals surface area contributed by atoms with Crippen molar-refractivity contribution >= 4 is 22.8 Å². The zero-order valence-electron chi connectivity index (χ0n) is 10.8. The number of nitriles is 1. The van der Waals surface area contributed by atoms with Gasteiger partial charge >= 0.3 is 0 Å².